The lowest BCUT2D eigenvalue weighted by Crippen LogP contribution is -2.51. The van der Waals surface area contributed by atoms with Gasteiger partial charge in [0.25, 0.3) is 5.91 Å². The van der Waals surface area contributed by atoms with E-state index in [-0.39, 0.29) is 23.9 Å². The first-order valence-corrected chi connectivity index (χ1v) is 12.2. The molecule has 0 aliphatic carbocycles. The van der Waals surface area contributed by atoms with Crippen molar-refractivity contribution in [2.75, 3.05) is 33.4 Å². The second-order valence-corrected chi connectivity index (χ2v) is 9.24. The SMILES string of the molecule is CO[C@H]1CCCN2C(=O)c3ccccc3OCCN(Cc3ccc(F)cc3Cl)CCCC[C@@H]12. The molecule has 1 amide bonds. The molecule has 7 heteroatoms. The van der Waals surface area contributed by atoms with Crippen LogP contribution in [0.1, 0.15) is 48.0 Å². The molecule has 0 N–H and O–H groups in total. The summed E-state index contributed by atoms with van der Waals surface area (Å²) in [6.45, 7) is 3.38. The number of halogens is 2. The molecule has 2 atom stereocenters. The minimum Gasteiger partial charge on any atom is -0.491 e. The molecule has 5 nitrogen and oxygen atoms in total. The van der Waals surface area contributed by atoms with E-state index in [9.17, 15) is 9.18 Å². The first-order chi connectivity index (χ1) is 16.1. The molecule has 1 fully saturated rings. The molecule has 2 aliphatic heterocycles. The normalized spacial score (nSPS) is 22.9. The summed E-state index contributed by atoms with van der Waals surface area (Å²) >= 11 is 6.29. The Morgan fingerprint density at radius 1 is 1.09 bits per heavy atom. The molecule has 4 rings (SSSR count). The number of amides is 1. The number of nitrogens with zero attached hydrogens (tertiary/aromatic N) is 2. The molecule has 178 valence electrons. The predicted octanol–water partition coefficient (Wildman–Crippen LogP) is 5.16. The maximum Gasteiger partial charge on any atom is 0.257 e. The summed E-state index contributed by atoms with van der Waals surface area (Å²) < 4.78 is 25.4. The van der Waals surface area contributed by atoms with Gasteiger partial charge in [-0.2, -0.15) is 0 Å². The van der Waals surface area contributed by atoms with Gasteiger partial charge in [0.2, 0.25) is 0 Å². The lowest BCUT2D eigenvalue weighted by atomic mass is 9.93. The largest absolute Gasteiger partial charge is 0.491 e. The van der Waals surface area contributed by atoms with Crippen LogP contribution in [0, 0.1) is 5.82 Å². The van der Waals surface area contributed by atoms with Crippen LogP contribution in [-0.4, -0.2) is 61.2 Å². The highest BCUT2D eigenvalue weighted by atomic mass is 35.5. The van der Waals surface area contributed by atoms with Crippen molar-refractivity contribution in [3.05, 3.63) is 64.4 Å². The predicted molar refractivity (Wildman–Crippen MR) is 127 cm³/mol. The van der Waals surface area contributed by atoms with E-state index in [1.54, 1.807) is 13.2 Å². The molecule has 0 bridgehead atoms. The maximum atomic E-state index is 13.5. The summed E-state index contributed by atoms with van der Waals surface area (Å²) in [5.74, 6) is 0.300. The summed E-state index contributed by atoms with van der Waals surface area (Å²) in [5, 5.41) is 0.440. The fourth-order valence-corrected chi connectivity index (χ4v) is 5.18. The molecule has 0 saturated carbocycles. The van der Waals surface area contributed by atoms with Crippen molar-refractivity contribution in [2.45, 2.75) is 50.8 Å². The zero-order valence-electron chi connectivity index (χ0n) is 19.1. The third-order valence-electron chi connectivity index (χ3n) is 6.70. The van der Waals surface area contributed by atoms with Crippen LogP contribution in [0.3, 0.4) is 0 Å². The van der Waals surface area contributed by atoms with Gasteiger partial charge in [-0.05, 0) is 62.1 Å². The number of benzene rings is 2. The summed E-state index contributed by atoms with van der Waals surface area (Å²) in [7, 11) is 1.74. The number of hydrogen-bond donors (Lipinski definition) is 0. The Bertz CT molecular complexity index is 957. The maximum absolute atomic E-state index is 13.5. The van der Waals surface area contributed by atoms with Gasteiger partial charge in [-0.1, -0.05) is 36.2 Å². The lowest BCUT2D eigenvalue weighted by Gasteiger charge is -2.41. The van der Waals surface area contributed by atoms with Crippen LogP contribution >= 0.6 is 11.6 Å². The number of rotatable bonds is 3. The number of ether oxygens (including phenoxy) is 2. The zero-order chi connectivity index (χ0) is 23.2. The molecule has 0 radical (unpaired) electrons. The number of carbonyl (C=O) groups excluding carboxylic acids is 1. The Labute approximate surface area is 200 Å². The molecule has 0 unspecified atom stereocenters. The second kappa shape index (κ2) is 11.3. The second-order valence-electron chi connectivity index (χ2n) is 8.83. The first-order valence-electron chi connectivity index (χ1n) is 11.8. The zero-order valence-corrected chi connectivity index (χ0v) is 19.9. The van der Waals surface area contributed by atoms with E-state index in [0.29, 0.717) is 36.0 Å². The van der Waals surface area contributed by atoms with E-state index in [4.69, 9.17) is 21.1 Å². The summed E-state index contributed by atoms with van der Waals surface area (Å²) in [6, 6.07) is 12.1. The van der Waals surface area contributed by atoms with Crippen molar-refractivity contribution in [1.82, 2.24) is 9.80 Å². The smallest absolute Gasteiger partial charge is 0.257 e. The number of fused-ring (bicyclic) bond motifs is 2. The molecule has 33 heavy (non-hydrogen) atoms. The average molecular weight is 475 g/mol. The Hall–Kier alpha value is -2.15. The number of piperidine rings is 1. The summed E-state index contributed by atoms with van der Waals surface area (Å²) in [4.78, 5) is 17.8. The highest BCUT2D eigenvalue weighted by molar-refractivity contribution is 6.31. The van der Waals surface area contributed by atoms with Crippen molar-refractivity contribution < 1.29 is 18.7 Å². The van der Waals surface area contributed by atoms with Crippen LogP contribution in [0.25, 0.3) is 0 Å². The van der Waals surface area contributed by atoms with E-state index < -0.39 is 0 Å². The molecule has 1 saturated heterocycles. The third kappa shape index (κ3) is 5.86. The summed E-state index contributed by atoms with van der Waals surface area (Å²) in [5.41, 5.74) is 1.50. The molecule has 0 spiro atoms. The number of carbonyl (C=O) groups is 1. The lowest BCUT2D eigenvalue weighted by molar-refractivity contribution is -0.0155. The van der Waals surface area contributed by atoms with Gasteiger partial charge in [-0.15, -0.1) is 0 Å². The standard InChI is InChI=1S/C26H32ClFN2O3/c1-32-25-10-6-14-30-23(25)8-4-5-13-29(18-19-11-12-20(28)17-22(19)27)15-16-33-24-9-3-2-7-21(24)26(30)31/h2-3,7,9,11-12,17,23,25H,4-6,8,10,13-16,18H2,1H3/t23-,25-/m0/s1. The van der Waals surface area contributed by atoms with Crippen LogP contribution in [0.5, 0.6) is 5.75 Å². The Balaban J connectivity index is 1.56. The first kappa shape index (κ1) is 24.0. The van der Waals surface area contributed by atoms with Crippen LogP contribution in [0.15, 0.2) is 42.5 Å². The summed E-state index contributed by atoms with van der Waals surface area (Å²) in [6.07, 6.45) is 4.84. The fraction of sp³-hybridized carbons (Fsp3) is 0.500. The van der Waals surface area contributed by atoms with Crippen molar-refractivity contribution in [1.29, 1.82) is 0 Å². The highest BCUT2D eigenvalue weighted by Gasteiger charge is 2.35. The average Bonchev–Trinajstić information content (AvgIpc) is 2.83. The monoisotopic (exact) mass is 474 g/mol. The molecular weight excluding hydrogens is 443 g/mol. The number of hydrogen-bond acceptors (Lipinski definition) is 4. The van der Waals surface area contributed by atoms with Gasteiger partial charge < -0.3 is 14.4 Å². The Morgan fingerprint density at radius 2 is 1.94 bits per heavy atom. The van der Waals surface area contributed by atoms with E-state index in [0.717, 1.165) is 50.8 Å². The highest BCUT2D eigenvalue weighted by Crippen LogP contribution is 2.29. The Kier molecular flexibility index (Phi) is 8.23. The third-order valence-corrected chi connectivity index (χ3v) is 7.05. The minimum atomic E-state index is -0.331. The van der Waals surface area contributed by atoms with Crippen LogP contribution in [0.4, 0.5) is 4.39 Å². The van der Waals surface area contributed by atoms with Gasteiger partial charge in [-0.25, -0.2) is 4.39 Å². The van der Waals surface area contributed by atoms with Crippen LogP contribution in [-0.2, 0) is 11.3 Å². The molecule has 2 aliphatic rings. The van der Waals surface area contributed by atoms with Gasteiger partial charge in [0, 0.05) is 31.8 Å². The van der Waals surface area contributed by atoms with Gasteiger partial charge in [-0.3, -0.25) is 9.69 Å². The van der Waals surface area contributed by atoms with E-state index in [1.165, 1.54) is 12.1 Å². The van der Waals surface area contributed by atoms with Crippen molar-refractivity contribution in [2.24, 2.45) is 0 Å². The van der Waals surface area contributed by atoms with Gasteiger partial charge in [0.15, 0.2) is 0 Å². The van der Waals surface area contributed by atoms with Crippen molar-refractivity contribution in [3.8, 4) is 5.75 Å². The van der Waals surface area contributed by atoms with Gasteiger partial charge in [0.1, 0.15) is 18.2 Å². The van der Waals surface area contributed by atoms with E-state index in [2.05, 4.69) is 4.90 Å². The fourth-order valence-electron chi connectivity index (χ4n) is 4.95. The van der Waals surface area contributed by atoms with Crippen LogP contribution in [0.2, 0.25) is 5.02 Å². The quantitative estimate of drug-likeness (QED) is 0.616. The topological polar surface area (TPSA) is 42.0 Å². The number of methoxy groups -OCH3 is 1. The van der Waals surface area contributed by atoms with Crippen molar-refractivity contribution >= 4 is 17.5 Å². The van der Waals surface area contributed by atoms with Crippen molar-refractivity contribution in [3.63, 3.8) is 0 Å². The minimum absolute atomic E-state index is 0.0200. The molecule has 2 aromatic carbocycles. The molecule has 2 heterocycles. The number of para-hydroxylation sites is 1. The van der Waals surface area contributed by atoms with Gasteiger partial charge in [0.05, 0.1) is 17.7 Å². The van der Waals surface area contributed by atoms with Crippen LogP contribution < -0.4 is 4.74 Å². The van der Waals surface area contributed by atoms with E-state index >= 15 is 0 Å². The van der Waals surface area contributed by atoms with E-state index in [1.807, 2.05) is 29.2 Å². The molecule has 2 aromatic rings. The Morgan fingerprint density at radius 3 is 2.76 bits per heavy atom. The molecular formula is C26H32ClFN2O3. The molecule has 0 aromatic heterocycles. The van der Waals surface area contributed by atoms with Gasteiger partial charge >= 0.3 is 0 Å².